The largest absolute Gasteiger partial charge is 0.394 e. The maximum Gasteiger partial charge on any atom is 0.187 e. The van der Waals surface area contributed by atoms with Crippen molar-refractivity contribution in [2.24, 2.45) is 52.3 Å². The average Bonchev–Trinajstić information content (AvgIpc) is 3.72. The highest BCUT2D eigenvalue weighted by atomic mass is 16.8. The second-order valence-corrected chi connectivity index (χ2v) is 21.5. The van der Waals surface area contributed by atoms with Crippen molar-refractivity contribution < 1.29 is 89.0 Å². The zero-order valence-electron chi connectivity index (χ0n) is 37.0. The minimum Gasteiger partial charge on any atom is -0.394 e. The standard InChI is InChI=1S/C45H74O18/c1-19-7-12-45(56-18-19)20(2)30-26(63-45)14-25-23-6-5-21-13-22(8-10-43(21,3)24(23)9-11-44(25,30)4)57-40-37(55)35(53)38(29(17-48)60-40)61-42-39(34(52)32(50)28(16-47)59-42)62-41-36(54)33(51)31(49)27(15-46)58-41/h19-42,46-55H,5-18H2,1-4H3/t19-,20+,21+,22+,23-,24-,25+,26+,27-,28-,29+,30+,31-,32-,33-,34+,35+,36+,37+,38+,39+,40+,41+,42+,43-,44-,45-/m1/s1. The van der Waals surface area contributed by atoms with Gasteiger partial charge in [0, 0.05) is 12.3 Å². The summed E-state index contributed by atoms with van der Waals surface area (Å²) in [4.78, 5) is 0. The van der Waals surface area contributed by atoms with Gasteiger partial charge in [0.2, 0.25) is 0 Å². The van der Waals surface area contributed by atoms with Crippen LogP contribution in [0.3, 0.4) is 0 Å². The molecule has 4 aliphatic carbocycles. The van der Waals surface area contributed by atoms with Crippen LogP contribution in [0.5, 0.6) is 0 Å². The van der Waals surface area contributed by atoms with Gasteiger partial charge < -0.3 is 89.0 Å². The van der Waals surface area contributed by atoms with Crippen molar-refractivity contribution in [2.75, 3.05) is 26.4 Å². The van der Waals surface area contributed by atoms with Gasteiger partial charge >= 0.3 is 0 Å². The molecule has 0 aromatic carbocycles. The van der Waals surface area contributed by atoms with E-state index in [-0.39, 0.29) is 23.0 Å². The SMILES string of the molecule is C[C@@H]1CC[C@@]2(OC1)O[C@H]1C[C@H]3[C@@H]4CC[C@H]5C[C@@H](O[C@H]6O[C@@H](CO)[C@H](O[C@@H]7O[C@H](CO)[C@@H](O)[C@H](O)[C@@H]7O[C@@H]7O[C@H](CO)[C@@H](O)[C@@H](O)[C@@H]7O)[C@@H](O)[C@@H]6O)CC[C@@]5(C)[C@@H]4CC[C@@]3(C)[C@H]1[C@@H]2C. The van der Waals surface area contributed by atoms with Crippen molar-refractivity contribution in [3.8, 4) is 0 Å². The number of aliphatic hydroxyl groups excluding tert-OH is 10. The molecule has 0 unspecified atom stereocenters. The Hall–Kier alpha value is -0.720. The van der Waals surface area contributed by atoms with Gasteiger partial charge in [-0.1, -0.05) is 27.7 Å². The van der Waals surface area contributed by atoms with Gasteiger partial charge in [0.25, 0.3) is 0 Å². The van der Waals surface area contributed by atoms with Crippen LogP contribution in [0, 0.1) is 52.3 Å². The van der Waals surface area contributed by atoms with Crippen molar-refractivity contribution in [2.45, 2.75) is 202 Å². The molecule has 9 aliphatic rings. The molecule has 1 spiro atoms. The number of ether oxygens (including phenoxy) is 8. The second-order valence-electron chi connectivity index (χ2n) is 21.5. The van der Waals surface area contributed by atoms with Crippen LogP contribution in [0.2, 0.25) is 0 Å². The highest BCUT2D eigenvalue weighted by Gasteiger charge is 2.69. The molecule has 27 atom stereocenters. The van der Waals surface area contributed by atoms with E-state index >= 15 is 0 Å². The third-order valence-corrected chi connectivity index (χ3v) is 18.3. The lowest BCUT2D eigenvalue weighted by atomic mass is 9.44. The van der Waals surface area contributed by atoms with Gasteiger partial charge in [0.05, 0.1) is 38.6 Å². The van der Waals surface area contributed by atoms with E-state index in [1.54, 1.807) is 0 Å². The van der Waals surface area contributed by atoms with Gasteiger partial charge in [-0.25, -0.2) is 0 Å². The molecule has 4 saturated carbocycles. The van der Waals surface area contributed by atoms with Gasteiger partial charge in [0.15, 0.2) is 24.7 Å². The molecule has 362 valence electrons. The first-order chi connectivity index (χ1) is 30.0. The van der Waals surface area contributed by atoms with E-state index in [9.17, 15) is 51.1 Å². The number of rotatable bonds is 9. The smallest absolute Gasteiger partial charge is 0.187 e. The molecule has 63 heavy (non-hydrogen) atoms. The van der Waals surface area contributed by atoms with Gasteiger partial charge in [-0.2, -0.15) is 0 Å². The molecule has 0 bridgehead atoms. The summed E-state index contributed by atoms with van der Waals surface area (Å²) in [6, 6.07) is 0. The molecule has 5 aliphatic heterocycles. The number of hydrogen-bond donors (Lipinski definition) is 10. The third kappa shape index (κ3) is 7.88. The molecule has 0 aromatic heterocycles. The predicted octanol–water partition coefficient (Wildman–Crippen LogP) is -0.734. The summed E-state index contributed by atoms with van der Waals surface area (Å²) in [5, 5.41) is 106. The molecule has 0 radical (unpaired) electrons. The molecule has 0 aromatic rings. The zero-order chi connectivity index (χ0) is 44.9. The topological polar surface area (TPSA) is 276 Å². The minimum atomic E-state index is -1.89. The molecule has 5 saturated heterocycles. The predicted molar refractivity (Wildman–Crippen MR) is 216 cm³/mol. The summed E-state index contributed by atoms with van der Waals surface area (Å²) in [5.41, 5.74) is 0.364. The highest BCUT2D eigenvalue weighted by molar-refractivity contribution is 5.15. The van der Waals surface area contributed by atoms with Gasteiger partial charge in [-0.15, -0.1) is 0 Å². The Balaban J connectivity index is 0.833. The molecule has 0 amide bonds. The summed E-state index contributed by atoms with van der Waals surface area (Å²) < 4.78 is 49.0. The van der Waals surface area contributed by atoms with Gasteiger partial charge in [-0.05, 0) is 104 Å². The Morgan fingerprint density at radius 1 is 0.556 bits per heavy atom. The van der Waals surface area contributed by atoms with E-state index < -0.39 is 118 Å². The first-order valence-corrected chi connectivity index (χ1v) is 23.8. The summed E-state index contributed by atoms with van der Waals surface area (Å²) in [6.07, 6.45) is -14.2. The van der Waals surface area contributed by atoms with Crippen LogP contribution in [0.4, 0.5) is 0 Å². The van der Waals surface area contributed by atoms with E-state index in [1.807, 2.05) is 0 Å². The zero-order valence-corrected chi connectivity index (χ0v) is 37.0. The summed E-state index contributed by atoms with van der Waals surface area (Å²) in [6.45, 7) is 8.23. The fraction of sp³-hybridized carbons (Fsp3) is 1.00. The Bertz CT molecular complexity index is 1570. The molecule has 9 fully saturated rings. The van der Waals surface area contributed by atoms with Gasteiger partial charge in [-0.3, -0.25) is 0 Å². The minimum absolute atomic E-state index is 0.134. The Morgan fingerprint density at radius 2 is 1.16 bits per heavy atom. The molecule has 9 rings (SSSR count). The normalized spacial score (nSPS) is 58.2. The Kier molecular flexibility index (Phi) is 13.5. The van der Waals surface area contributed by atoms with Crippen LogP contribution in [-0.2, 0) is 37.9 Å². The van der Waals surface area contributed by atoms with E-state index in [4.69, 9.17) is 37.9 Å². The van der Waals surface area contributed by atoms with E-state index in [0.29, 0.717) is 41.4 Å². The first kappa shape index (κ1) is 47.4. The van der Waals surface area contributed by atoms with Crippen molar-refractivity contribution >= 4 is 0 Å². The van der Waals surface area contributed by atoms with Crippen molar-refractivity contribution in [1.82, 2.24) is 0 Å². The molecular formula is C45H74O18. The summed E-state index contributed by atoms with van der Waals surface area (Å²) in [5.74, 6) is 3.29. The summed E-state index contributed by atoms with van der Waals surface area (Å²) >= 11 is 0. The molecule has 10 N–H and O–H groups in total. The van der Waals surface area contributed by atoms with Crippen LogP contribution in [-0.4, -0.2) is 188 Å². The van der Waals surface area contributed by atoms with Crippen molar-refractivity contribution in [3.05, 3.63) is 0 Å². The summed E-state index contributed by atoms with van der Waals surface area (Å²) in [7, 11) is 0. The van der Waals surface area contributed by atoms with E-state index in [2.05, 4.69) is 27.7 Å². The maximum atomic E-state index is 11.5. The second kappa shape index (κ2) is 18.0. The van der Waals surface area contributed by atoms with Crippen molar-refractivity contribution in [1.29, 1.82) is 0 Å². The lowest BCUT2D eigenvalue weighted by Gasteiger charge is -2.61. The number of fused-ring (bicyclic) bond motifs is 7. The van der Waals surface area contributed by atoms with Crippen LogP contribution >= 0.6 is 0 Å². The van der Waals surface area contributed by atoms with Crippen LogP contribution in [0.1, 0.15) is 91.9 Å². The van der Waals surface area contributed by atoms with E-state index in [1.165, 1.54) is 12.8 Å². The van der Waals surface area contributed by atoms with Crippen LogP contribution < -0.4 is 0 Å². The van der Waals surface area contributed by atoms with E-state index in [0.717, 1.165) is 58.0 Å². The fourth-order valence-corrected chi connectivity index (χ4v) is 14.7. The molecule has 18 nitrogen and oxygen atoms in total. The highest BCUT2D eigenvalue weighted by Crippen LogP contribution is 2.71. The molecule has 5 heterocycles. The Morgan fingerprint density at radius 3 is 1.84 bits per heavy atom. The average molecular weight is 903 g/mol. The monoisotopic (exact) mass is 902 g/mol. The third-order valence-electron chi connectivity index (χ3n) is 18.3. The lowest BCUT2D eigenvalue weighted by molar-refractivity contribution is -0.390. The first-order valence-electron chi connectivity index (χ1n) is 23.8. The fourth-order valence-electron chi connectivity index (χ4n) is 14.7. The van der Waals surface area contributed by atoms with Gasteiger partial charge in [0.1, 0.15) is 73.2 Å². The molecule has 18 heteroatoms. The molecular weight excluding hydrogens is 828 g/mol. The lowest BCUT2D eigenvalue weighted by Crippen LogP contribution is -2.67. The quantitative estimate of drug-likeness (QED) is 0.128. The number of aliphatic hydroxyl groups is 10. The van der Waals surface area contributed by atoms with Crippen LogP contribution in [0.25, 0.3) is 0 Å². The van der Waals surface area contributed by atoms with Crippen LogP contribution in [0.15, 0.2) is 0 Å². The van der Waals surface area contributed by atoms with Crippen molar-refractivity contribution in [3.63, 3.8) is 0 Å². The number of hydrogen-bond acceptors (Lipinski definition) is 18. The maximum absolute atomic E-state index is 11.5. The Labute approximate surface area is 369 Å².